The number of nitrogens with two attached hydrogens (primary N) is 1. The Labute approximate surface area is 114 Å². The lowest BCUT2D eigenvalue weighted by Gasteiger charge is -2.13. The van der Waals surface area contributed by atoms with E-state index in [9.17, 15) is 4.39 Å². The molecule has 0 radical (unpaired) electrons. The van der Waals surface area contributed by atoms with Crippen LogP contribution >= 0.6 is 15.9 Å². The molecule has 94 valence electrons. The molecule has 0 aliphatic carbocycles. The van der Waals surface area contributed by atoms with Crippen molar-refractivity contribution in [2.45, 2.75) is 19.4 Å². The quantitative estimate of drug-likeness (QED) is 0.942. The highest BCUT2D eigenvalue weighted by Crippen LogP contribution is 2.25. The second-order valence-corrected chi connectivity index (χ2v) is 5.16. The fourth-order valence-corrected chi connectivity index (χ4v) is 2.40. The number of benzene rings is 1. The molecule has 2 N–H and O–H groups in total. The van der Waals surface area contributed by atoms with Gasteiger partial charge in [-0.25, -0.2) is 4.39 Å². The summed E-state index contributed by atoms with van der Waals surface area (Å²) in [7, 11) is 0. The molecular weight excluding hydrogens is 295 g/mol. The van der Waals surface area contributed by atoms with Crippen LogP contribution in [-0.4, -0.2) is 4.98 Å². The SMILES string of the molecule is Cc1ccc(CC(N)c2ccc(F)cc2Br)nc1. The van der Waals surface area contributed by atoms with Crippen LogP contribution in [0.25, 0.3) is 0 Å². The van der Waals surface area contributed by atoms with Crippen LogP contribution in [0.3, 0.4) is 0 Å². The van der Waals surface area contributed by atoms with E-state index in [2.05, 4.69) is 20.9 Å². The van der Waals surface area contributed by atoms with Gasteiger partial charge in [0.2, 0.25) is 0 Å². The van der Waals surface area contributed by atoms with Gasteiger partial charge in [-0.2, -0.15) is 0 Å². The second-order valence-electron chi connectivity index (χ2n) is 4.30. The summed E-state index contributed by atoms with van der Waals surface area (Å²) in [6, 6.07) is 8.33. The largest absolute Gasteiger partial charge is 0.324 e. The molecule has 1 aromatic carbocycles. The van der Waals surface area contributed by atoms with E-state index in [0.717, 1.165) is 16.8 Å². The van der Waals surface area contributed by atoms with E-state index < -0.39 is 0 Å². The molecule has 0 amide bonds. The molecule has 4 heteroatoms. The maximum atomic E-state index is 13.0. The highest BCUT2D eigenvalue weighted by Gasteiger charge is 2.12. The van der Waals surface area contributed by atoms with Gasteiger partial charge in [-0.3, -0.25) is 4.98 Å². The molecule has 0 spiro atoms. The van der Waals surface area contributed by atoms with Crippen molar-refractivity contribution in [1.29, 1.82) is 0 Å². The molecule has 1 heterocycles. The van der Waals surface area contributed by atoms with Crippen LogP contribution in [0, 0.1) is 12.7 Å². The zero-order valence-electron chi connectivity index (χ0n) is 10.0. The van der Waals surface area contributed by atoms with Gasteiger partial charge in [-0.05, 0) is 36.2 Å². The van der Waals surface area contributed by atoms with Crippen LogP contribution in [0.15, 0.2) is 41.0 Å². The van der Waals surface area contributed by atoms with Gasteiger partial charge in [-0.1, -0.05) is 28.1 Å². The number of halogens is 2. The van der Waals surface area contributed by atoms with E-state index in [1.807, 2.05) is 25.3 Å². The van der Waals surface area contributed by atoms with Gasteiger partial charge in [0.1, 0.15) is 5.82 Å². The van der Waals surface area contributed by atoms with Crippen LogP contribution < -0.4 is 5.73 Å². The summed E-state index contributed by atoms with van der Waals surface area (Å²) in [4.78, 5) is 4.32. The summed E-state index contributed by atoms with van der Waals surface area (Å²) in [6.07, 6.45) is 2.45. The van der Waals surface area contributed by atoms with Gasteiger partial charge in [0.05, 0.1) is 0 Å². The highest BCUT2D eigenvalue weighted by molar-refractivity contribution is 9.10. The van der Waals surface area contributed by atoms with Crippen LogP contribution in [-0.2, 0) is 6.42 Å². The Morgan fingerprint density at radius 2 is 2.11 bits per heavy atom. The van der Waals surface area contributed by atoms with Crippen molar-refractivity contribution >= 4 is 15.9 Å². The van der Waals surface area contributed by atoms with E-state index in [-0.39, 0.29) is 11.9 Å². The Hall–Kier alpha value is -1.26. The molecule has 0 aliphatic rings. The maximum absolute atomic E-state index is 13.0. The smallest absolute Gasteiger partial charge is 0.124 e. The molecule has 1 atom stereocenters. The molecule has 0 aliphatic heterocycles. The van der Waals surface area contributed by atoms with Crippen molar-refractivity contribution in [3.05, 3.63) is 63.6 Å². The Kier molecular flexibility index (Phi) is 4.09. The summed E-state index contributed by atoms with van der Waals surface area (Å²) in [5, 5.41) is 0. The van der Waals surface area contributed by atoms with E-state index in [0.29, 0.717) is 10.9 Å². The molecule has 0 saturated carbocycles. The number of pyridine rings is 1. The normalized spacial score (nSPS) is 12.4. The first kappa shape index (κ1) is 13.2. The Balaban J connectivity index is 2.16. The van der Waals surface area contributed by atoms with Crippen LogP contribution in [0.1, 0.15) is 22.9 Å². The van der Waals surface area contributed by atoms with Crippen molar-refractivity contribution in [3.63, 3.8) is 0 Å². The van der Waals surface area contributed by atoms with Crippen LogP contribution in [0.2, 0.25) is 0 Å². The van der Waals surface area contributed by atoms with Gasteiger partial charge < -0.3 is 5.73 Å². The first-order chi connectivity index (χ1) is 8.56. The molecule has 2 aromatic rings. The number of hydrogen-bond donors (Lipinski definition) is 1. The summed E-state index contributed by atoms with van der Waals surface area (Å²) in [5.41, 5.74) is 9.07. The molecule has 18 heavy (non-hydrogen) atoms. The molecule has 2 rings (SSSR count). The van der Waals surface area contributed by atoms with Gasteiger partial charge in [0, 0.05) is 28.8 Å². The number of hydrogen-bond acceptors (Lipinski definition) is 2. The topological polar surface area (TPSA) is 38.9 Å². The first-order valence-corrected chi connectivity index (χ1v) is 6.47. The maximum Gasteiger partial charge on any atom is 0.124 e. The third-order valence-electron chi connectivity index (χ3n) is 2.76. The standard InChI is InChI=1S/C14H14BrFN2/c1-9-2-4-11(18-8-9)7-14(17)12-5-3-10(16)6-13(12)15/h2-6,8,14H,7,17H2,1H3. The van der Waals surface area contributed by atoms with Crippen LogP contribution in [0.4, 0.5) is 4.39 Å². The lowest BCUT2D eigenvalue weighted by molar-refractivity contribution is 0.622. The second kappa shape index (κ2) is 5.59. The third kappa shape index (κ3) is 3.15. The minimum absolute atomic E-state index is 0.199. The molecule has 1 unspecified atom stereocenters. The predicted molar refractivity (Wildman–Crippen MR) is 73.7 cm³/mol. The zero-order chi connectivity index (χ0) is 13.1. The average Bonchev–Trinajstić information content (AvgIpc) is 2.32. The molecule has 0 saturated heterocycles. The molecule has 2 nitrogen and oxygen atoms in total. The molecule has 1 aromatic heterocycles. The number of aromatic nitrogens is 1. The number of aryl methyl sites for hydroxylation is 1. The fraction of sp³-hybridized carbons (Fsp3) is 0.214. The third-order valence-corrected chi connectivity index (χ3v) is 3.45. The van der Waals surface area contributed by atoms with Gasteiger partial charge in [-0.15, -0.1) is 0 Å². The minimum atomic E-state index is -0.272. The zero-order valence-corrected chi connectivity index (χ0v) is 11.6. The van der Waals surface area contributed by atoms with E-state index in [4.69, 9.17) is 5.73 Å². The van der Waals surface area contributed by atoms with Crippen molar-refractivity contribution < 1.29 is 4.39 Å². The summed E-state index contributed by atoms with van der Waals surface area (Å²) in [5.74, 6) is -0.272. The van der Waals surface area contributed by atoms with E-state index in [1.54, 1.807) is 6.07 Å². The number of rotatable bonds is 3. The lowest BCUT2D eigenvalue weighted by atomic mass is 10.0. The van der Waals surface area contributed by atoms with Gasteiger partial charge in [0.15, 0.2) is 0 Å². The molecule has 0 fully saturated rings. The Bertz CT molecular complexity index is 540. The van der Waals surface area contributed by atoms with Crippen LogP contribution in [0.5, 0.6) is 0 Å². The first-order valence-electron chi connectivity index (χ1n) is 5.68. The fourth-order valence-electron chi connectivity index (χ4n) is 1.76. The van der Waals surface area contributed by atoms with Crippen molar-refractivity contribution in [1.82, 2.24) is 4.98 Å². The predicted octanol–water partition coefficient (Wildman–Crippen LogP) is 3.53. The van der Waals surface area contributed by atoms with E-state index in [1.165, 1.54) is 12.1 Å². The Morgan fingerprint density at radius 1 is 1.33 bits per heavy atom. The Morgan fingerprint density at radius 3 is 2.72 bits per heavy atom. The summed E-state index contributed by atoms with van der Waals surface area (Å²) >= 11 is 3.33. The van der Waals surface area contributed by atoms with Crippen molar-refractivity contribution in [2.24, 2.45) is 5.73 Å². The average molecular weight is 309 g/mol. The van der Waals surface area contributed by atoms with Gasteiger partial charge in [0.25, 0.3) is 0 Å². The van der Waals surface area contributed by atoms with Crippen molar-refractivity contribution in [3.8, 4) is 0 Å². The number of nitrogens with zero attached hydrogens (tertiary/aromatic N) is 1. The van der Waals surface area contributed by atoms with Crippen molar-refractivity contribution in [2.75, 3.05) is 0 Å². The lowest BCUT2D eigenvalue weighted by Crippen LogP contribution is -2.14. The summed E-state index contributed by atoms with van der Waals surface area (Å²) < 4.78 is 13.7. The van der Waals surface area contributed by atoms with Gasteiger partial charge >= 0.3 is 0 Å². The monoisotopic (exact) mass is 308 g/mol. The summed E-state index contributed by atoms with van der Waals surface area (Å²) in [6.45, 7) is 1.99. The highest BCUT2D eigenvalue weighted by atomic mass is 79.9. The molecular formula is C14H14BrFN2. The minimum Gasteiger partial charge on any atom is -0.324 e. The molecule has 0 bridgehead atoms. The van der Waals surface area contributed by atoms with E-state index >= 15 is 0 Å².